The van der Waals surface area contributed by atoms with Crippen molar-refractivity contribution in [3.8, 4) is 0 Å². The Morgan fingerprint density at radius 3 is 2.81 bits per heavy atom. The predicted octanol–water partition coefficient (Wildman–Crippen LogP) is 4.71. The maximum atomic E-state index is 3.63. The normalized spacial score (nSPS) is 14.4. The lowest BCUT2D eigenvalue weighted by molar-refractivity contribution is 0.685. The van der Waals surface area contributed by atoms with Crippen LogP contribution in [0.1, 0.15) is 29.5 Å². The van der Waals surface area contributed by atoms with Gasteiger partial charge in [-0.05, 0) is 64.3 Å². The third-order valence-electron chi connectivity index (χ3n) is 3.85. The lowest BCUT2D eigenvalue weighted by atomic mass is 10.1. The zero-order valence-electron chi connectivity index (χ0n) is 12.5. The molecule has 112 valence electrons. The molecule has 0 radical (unpaired) electrons. The smallest absolute Gasteiger partial charge is 0.0701 e. The molecule has 3 rings (SSSR count). The number of anilines is 1. The van der Waals surface area contributed by atoms with Crippen LogP contribution in [-0.2, 0) is 13.1 Å². The third-order valence-corrected chi connectivity index (χ3v) is 5.40. The number of hydrogen-bond acceptors (Lipinski definition) is 3. The van der Waals surface area contributed by atoms with Crippen LogP contribution in [0.15, 0.2) is 33.4 Å². The molecule has 2 aromatic rings. The summed E-state index contributed by atoms with van der Waals surface area (Å²) < 4.78 is 1.20. The van der Waals surface area contributed by atoms with Gasteiger partial charge in [0, 0.05) is 31.9 Å². The van der Waals surface area contributed by atoms with Crippen LogP contribution in [-0.4, -0.2) is 13.1 Å². The highest BCUT2D eigenvalue weighted by Crippen LogP contribution is 2.27. The van der Waals surface area contributed by atoms with Gasteiger partial charge in [-0.1, -0.05) is 17.7 Å². The molecule has 4 heteroatoms. The van der Waals surface area contributed by atoms with Crippen molar-refractivity contribution in [1.82, 2.24) is 5.32 Å². The summed E-state index contributed by atoms with van der Waals surface area (Å²) in [6.45, 7) is 4.08. The maximum absolute atomic E-state index is 3.63. The van der Waals surface area contributed by atoms with Crippen molar-refractivity contribution in [2.45, 2.75) is 38.9 Å². The molecule has 21 heavy (non-hydrogen) atoms. The van der Waals surface area contributed by atoms with Crippen LogP contribution in [0.5, 0.6) is 0 Å². The fraction of sp³-hybridized carbons (Fsp3) is 0.412. The molecule has 0 saturated heterocycles. The van der Waals surface area contributed by atoms with Gasteiger partial charge < -0.3 is 10.2 Å². The maximum Gasteiger partial charge on any atom is 0.0701 e. The van der Waals surface area contributed by atoms with E-state index < -0.39 is 0 Å². The fourth-order valence-corrected chi connectivity index (χ4v) is 3.76. The van der Waals surface area contributed by atoms with Crippen molar-refractivity contribution in [2.75, 3.05) is 11.9 Å². The summed E-state index contributed by atoms with van der Waals surface area (Å²) in [5, 5.41) is 5.85. The summed E-state index contributed by atoms with van der Waals surface area (Å²) in [5.74, 6) is 0. The van der Waals surface area contributed by atoms with Crippen LogP contribution in [0.25, 0.3) is 0 Å². The monoisotopic (exact) mass is 364 g/mol. The van der Waals surface area contributed by atoms with Gasteiger partial charge in [0.25, 0.3) is 0 Å². The van der Waals surface area contributed by atoms with E-state index in [0.717, 1.165) is 19.1 Å². The second kappa shape index (κ2) is 6.51. The first-order valence-corrected chi connectivity index (χ1v) is 9.06. The van der Waals surface area contributed by atoms with Crippen molar-refractivity contribution < 1.29 is 0 Å². The van der Waals surface area contributed by atoms with Gasteiger partial charge in [-0.15, -0.1) is 11.3 Å². The summed E-state index contributed by atoms with van der Waals surface area (Å²) in [4.78, 5) is 2.35. The number of rotatable bonds is 6. The number of aryl methyl sites for hydroxylation is 1. The van der Waals surface area contributed by atoms with Gasteiger partial charge in [-0.25, -0.2) is 0 Å². The number of thiophene rings is 1. The average Bonchev–Trinajstić information content (AvgIpc) is 3.19. The van der Waals surface area contributed by atoms with Gasteiger partial charge >= 0.3 is 0 Å². The standard InChI is InChI=1S/C17H21BrN2S/c1-12-3-6-16(14(7-12)9-19-15-4-5-15)20(2)10-13-8-17(18)21-11-13/h3,6-8,11,15,19H,4-5,9-10H2,1-2H3. The van der Waals surface area contributed by atoms with Crippen LogP contribution in [0.2, 0.25) is 0 Å². The van der Waals surface area contributed by atoms with Gasteiger partial charge in [-0.2, -0.15) is 0 Å². The molecule has 1 aromatic heterocycles. The predicted molar refractivity (Wildman–Crippen MR) is 95.2 cm³/mol. The van der Waals surface area contributed by atoms with Crippen molar-refractivity contribution in [2.24, 2.45) is 0 Å². The molecule has 1 saturated carbocycles. The van der Waals surface area contributed by atoms with Gasteiger partial charge in [0.15, 0.2) is 0 Å². The van der Waals surface area contributed by atoms with E-state index in [4.69, 9.17) is 0 Å². The minimum Gasteiger partial charge on any atom is -0.370 e. The molecular weight excluding hydrogens is 344 g/mol. The van der Waals surface area contributed by atoms with Crippen LogP contribution in [0, 0.1) is 6.92 Å². The second-order valence-corrected chi connectivity index (χ2v) is 8.19. The molecule has 1 aromatic carbocycles. The number of nitrogens with one attached hydrogen (secondary N) is 1. The number of halogens is 1. The number of hydrogen-bond donors (Lipinski definition) is 1. The molecule has 0 atom stereocenters. The summed E-state index contributed by atoms with van der Waals surface area (Å²) in [7, 11) is 2.18. The molecule has 1 aliphatic rings. The minimum atomic E-state index is 0.747. The van der Waals surface area contributed by atoms with E-state index in [2.05, 4.69) is 69.8 Å². The molecule has 1 N–H and O–H groups in total. The van der Waals surface area contributed by atoms with E-state index >= 15 is 0 Å². The Bertz CT molecular complexity index is 619. The summed E-state index contributed by atoms with van der Waals surface area (Å²) in [6.07, 6.45) is 2.67. The summed E-state index contributed by atoms with van der Waals surface area (Å²) in [5.41, 5.74) is 5.42. The van der Waals surface area contributed by atoms with Crippen LogP contribution in [0.4, 0.5) is 5.69 Å². The molecule has 1 heterocycles. The van der Waals surface area contributed by atoms with Gasteiger partial charge in [0.05, 0.1) is 3.79 Å². The first-order chi connectivity index (χ1) is 10.1. The third kappa shape index (κ3) is 4.09. The van der Waals surface area contributed by atoms with Gasteiger partial charge in [0.2, 0.25) is 0 Å². The van der Waals surface area contributed by atoms with E-state index in [9.17, 15) is 0 Å². The Morgan fingerprint density at radius 1 is 1.33 bits per heavy atom. The van der Waals surface area contributed by atoms with Crippen molar-refractivity contribution in [3.05, 3.63) is 50.1 Å². The molecule has 0 amide bonds. The van der Waals surface area contributed by atoms with E-state index in [0.29, 0.717) is 0 Å². The topological polar surface area (TPSA) is 15.3 Å². The van der Waals surface area contributed by atoms with E-state index in [-0.39, 0.29) is 0 Å². The highest BCUT2D eigenvalue weighted by Gasteiger charge is 2.20. The average molecular weight is 365 g/mol. The molecular formula is C17H21BrN2S. The van der Waals surface area contributed by atoms with Gasteiger partial charge in [-0.3, -0.25) is 0 Å². The highest BCUT2D eigenvalue weighted by atomic mass is 79.9. The second-order valence-electron chi connectivity index (χ2n) is 5.90. The van der Waals surface area contributed by atoms with Crippen LogP contribution in [0.3, 0.4) is 0 Å². The van der Waals surface area contributed by atoms with Crippen LogP contribution < -0.4 is 10.2 Å². The molecule has 0 unspecified atom stereocenters. The van der Waals surface area contributed by atoms with Crippen molar-refractivity contribution in [3.63, 3.8) is 0 Å². The quantitative estimate of drug-likeness (QED) is 0.798. The van der Waals surface area contributed by atoms with Crippen molar-refractivity contribution >= 4 is 33.0 Å². The Kier molecular flexibility index (Phi) is 4.67. The first-order valence-electron chi connectivity index (χ1n) is 7.39. The zero-order valence-corrected chi connectivity index (χ0v) is 14.9. The summed E-state index contributed by atoms with van der Waals surface area (Å²) >= 11 is 5.29. The number of nitrogens with zero attached hydrogens (tertiary/aromatic N) is 1. The molecule has 0 bridgehead atoms. The van der Waals surface area contributed by atoms with E-state index in [1.165, 1.54) is 39.0 Å². The fourth-order valence-electron chi connectivity index (χ4n) is 2.56. The summed E-state index contributed by atoms with van der Waals surface area (Å²) in [6, 6.07) is 9.72. The minimum absolute atomic E-state index is 0.747. The lowest BCUT2D eigenvalue weighted by Crippen LogP contribution is -2.21. The Labute approximate surface area is 139 Å². The Balaban J connectivity index is 1.75. The molecule has 0 spiro atoms. The van der Waals surface area contributed by atoms with Crippen LogP contribution >= 0.6 is 27.3 Å². The number of benzene rings is 1. The van der Waals surface area contributed by atoms with E-state index in [1.807, 2.05) is 0 Å². The lowest BCUT2D eigenvalue weighted by Gasteiger charge is -2.23. The van der Waals surface area contributed by atoms with Gasteiger partial charge in [0.1, 0.15) is 0 Å². The first kappa shape index (κ1) is 15.1. The molecule has 0 aliphatic heterocycles. The SMILES string of the molecule is Cc1ccc(N(C)Cc2csc(Br)c2)c(CNC2CC2)c1. The van der Waals surface area contributed by atoms with Crippen molar-refractivity contribution in [1.29, 1.82) is 0 Å². The van der Waals surface area contributed by atoms with E-state index in [1.54, 1.807) is 11.3 Å². The highest BCUT2D eigenvalue weighted by molar-refractivity contribution is 9.11. The molecule has 2 nitrogen and oxygen atoms in total. The Hall–Kier alpha value is -0.840. The largest absolute Gasteiger partial charge is 0.370 e. The Morgan fingerprint density at radius 2 is 2.14 bits per heavy atom. The molecule has 1 fully saturated rings. The zero-order chi connectivity index (χ0) is 14.8. The molecule has 1 aliphatic carbocycles.